The summed E-state index contributed by atoms with van der Waals surface area (Å²) in [7, 11) is 0. The molecule has 0 saturated heterocycles. The predicted molar refractivity (Wildman–Crippen MR) is 275 cm³/mol. The van der Waals surface area contributed by atoms with Gasteiger partial charge in [0.1, 0.15) is 13.2 Å². The number of ether oxygens (including phenoxy) is 3. The van der Waals surface area contributed by atoms with E-state index in [9.17, 15) is 14.4 Å². The van der Waals surface area contributed by atoms with Gasteiger partial charge in [-0.05, 0) is 19.3 Å². The Labute approximate surface area is 399 Å². The molecular formula is C58H112O6. The van der Waals surface area contributed by atoms with E-state index in [0.29, 0.717) is 19.3 Å². The first-order chi connectivity index (χ1) is 31.5. The summed E-state index contributed by atoms with van der Waals surface area (Å²) in [5.41, 5.74) is 0. The van der Waals surface area contributed by atoms with Gasteiger partial charge in [0.2, 0.25) is 0 Å². The minimum absolute atomic E-state index is 0.0623. The number of hydrogen-bond acceptors (Lipinski definition) is 6. The summed E-state index contributed by atoms with van der Waals surface area (Å²) in [6.07, 6.45) is 59.9. The van der Waals surface area contributed by atoms with E-state index in [1.165, 1.54) is 238 Å². The smallest absolute Gasteiger partial charge is 0.306 e. The van der Waals surface area contributed by atoms with Gasteiger partial charge in [-0.2, -0.15) is 0 Å². The molecule has 0 spiro atoms. The summed E-state index contributed by atoms with van der Waals surface area (Å²) >= 11 is 0. The fourth-order valence-corrected chi connectivity index (χ4v) is 8.98. The molecule has 0 N–H and O–H groups in total. The van der Waals surface area contributed by atoms with Crippen LogP contribution in [0.4, 0.5) is 0 Å². The molecular weight excluding hydrogens is 793 g/mol. The van der Waals surface area contributed by atoms with E-state index in [1.807, 2.05) is 0 Å². The van der Waals surface area contributed by atoms with Crippen LogP contribution >= 0.6 is 0 Å². The standard InChI is InChI=1S/C58H112O6/c1-4-7-10-13-16-19-20-21-22-23-24-25-26-27-28-29-30-31-32-33-34-35-36-37-40-42-45-48-51-57(60)63-54-55(64-58(61)52-49-46-43-39-18-15-12-9-6-3)53-62-56(59)50-47-44-41-38-17-14-11-8-5-2/h55H,4-54H2,1-3H3. The molecule has 0 radical (unpaired) electrons. The van der Waals surface area contributed by atoms with Crippen molar-refractivity contribution in [2.24, 2.45) is 0 Å². The highest BCUT2D eigenvalue weighted by Crippen LogP contribution is 2.18. The molecule has 0 aromatic rings. The van der Waals surface area contributed by atoms with E-state index >= 15 is 0 Å². The average molecular weight is 906 g/mol. The van der Waals surface area contributed by atoms with Crippen LogP contribution in [-0.4, -0.2) is 37.2 Å². The van der Waals surface area contributed by atoms with E-state index in [4.69, 9.17) is 14.2 Å². The molecule has 0 aliphatic carbocycles. The second kappa shape index (κ2) is 54.0. The Morgan fingerprint density at radius 1 is 0.250 bits per heavy atom. The molecule has 0 heterocycles. The van der Waals surface area contributed by atoms with Crippen molar-refractivity contribution in [2.75, 3.05) is 13.2 Å². The van der Waals surface area contributed by atoms with Gasteiger partial charge >= 0.3 is 17.9 Å². The fraction of sp³-hybridized carbons (Fsp3) is 0.948. The highest BCUT2D eigenvalue weighted by Gasteiger charge is 2.19. The molecule has 64 heavy (non-hydrogen) atoms. The molecule has 6 nitrogen and oxygen atoms in total. The van der Waals surface area contributed by atoms with E-state index in [1.54, 1.807) is 0 Å². The number of unbranched alkanes of at least 4 members (excludes halogenated alkanes) is 43. The molecule has 0 rings (SSSR count). The lowest BCUT2D eigenvalue weighted by molar-refractivity contribution is -0.167. The number of rotatable bonds is 54. The zero-order chi connectivity index (χ0) is 46.5. The summed E-state index contributed by atoms with van der Waals surface area (Å²) in [6.45, 7) is 6.65. The highest BCUT2D eigenvalue weighted by atomic mass is 16.6. The van der Waals surface area contributed by atoms with Crippen LogP contribution in [0.5, 0.6) is 0 Å². The molecule has 380 valence electrons. The Hall–Kier alpha value is -1.59. The molecule has 0 aromatic heterocycles. The van der Waals surface area contributed by atoms with Gasteiger partial charge in [-0.1, -0.05) is 297 Å². The van der Waals surface area contributed by atoms with Crippen molar-refractivity contribution in [1.82, 2.24) is 0 Å². The Morgan fingerprint density at radius 2 is 0.422 bits per heavy atom. The first-order valence-corrected chi connectivity index (χ1v) is 29.0. The van der Waals surface area contributed by atoms with Crippen LogP contribution in [0, 0.1) is 0 Å². The third-order valence-electron chi connectivity index (χ3n) is 13.4. The molecule has 0 fully saturated rings. The summed E-state index contributed by atoms with van der Waals surface area (Å²) in [5.74, 6) is -0.847. The van der Waals surface area contributed by atoms with Crippen molar-refractivity contribution in [1.29, 1.82) is 0 Å². The minimum atomic E-state index is -0.759. The Balaban J connectivity index is 3.95. The van der Waals surface area contributed by atoms with Crippen LogP contribution in [0.15, 0.2) is 0 Å². The third kappa shape index (κ3) is 51.4. The first kappa shape index (κ1) is 62.4. The van der Waals surface area contributed by atoms with Gasteiger partial charge in [-0.15, -0.1) is 0 Å². The summed E-state index contributed by atoms with van der Waals surface area (Å²) in [5, 5.41) is 0. The molecule has 0 amide bonds. The average Bonchev–Trinajstić information content (AvgIpc) is 3.29. The maximum atomic E-state index is 12.7. The molecule has 0 aliphatic rings. The molecule has 0 aromatic carbocycles. The Kier molecular flexibility index (Phi) is 52.7. The van der Waals surface area contributed by atoms with Gasteiger partial charge in [0.15, 0.2) is 6.10 Å². The van der Waals surface area contributed by atoms with Crippen molar-refractivity contribution < 1.29 is 28.6 Å². The van der Waals surface area contributed by atoms with Crippen molar-refractivity contribution in [3.63, 3.8) is 0 Å². The quantitative estimate of drug-likeness (QED) is 0.0344. The lowest BCUT2D eigenvalue weighted by Gasteiger charge is -2.18. The molecule has 6 heteroatoms. The van der Waals surface area contributed by atoms with Gasteiger partial charge < -0.3 is 14.2 Å². The SMILES string of the molecule is CCCCCCCCCCCCCCCCCCCCCCCCCCCCCCC(=O)OCC(COC(=O)CCCCCCCCCCC)OC(=O)CCCCCCCCCCC. The normalized spacial score (nSPS) is 11.9. The summed E-state index contributed by atoms with van der Waals surface area (Å²) < 4.78 is 16.8. The van der Waals surface area contributed by atoms with Crippen molar-refractivity contribution in [3.05, 3.63) is 0 Å². The number of carbonyl (C=O) groups is 3. The zero-order valence-electron chi connectivity index (χ0n) is 43.6. The largest absolute Gasteiger partial charge is 0.462 e. The van der Waals surface area contributed by atoms with E-state index in [2.05, 4.69) is 20.8 Å². The predicted octanol–water partition coefficient (Wildman–Crippen LogP) is 19.2. The molecule has 0 bridgehead atoms. The van der Waals surface area contributed by atoms with Crippen LogP contribution < -0.4 is 0 Å². The number of esters is 3. The van der Waals surface area contributed by atoms with Crippen molar-refractivity contribution in [3.8, 4) is 0 Å². The lowest BCUT2D eigenvalue weighted by atomic mass is 10.0. The Morgan fingerprint density at radius 3 is 0.625 bits per heavy atom. The number of carbonyl (C=O) groups excluding carboxylic acids is 3. The maximum Gasteiger partial charge on any atom is 0.306 e. The highest BCUT2D eigenvalue weighted by molar-refractivity contribution is 5.71. The van der Waals surface area contributed by atoms with Gasteiger partial charge in [0.25, 0.3) is 0 Å². The number of hydrogen-bond donors (Lipinski definition) is 0. The monoisotopic (exact) mass is 905 g/mol. The Bertz CT molecular complexity index is 951. The van der Waals surface area contributed by atoms with E-state index in [-0.39, 0.29) is 31.1 Å². The van der Waals surface area contributed by atoms with Crippen LogP contribution in [0.2, 0.25) is 0 Å². The summed E-state index contributed by atoms with van der Waals surface area (Å²) in [6, 6.07) is 0. The molecule has 1 atom stereocenters. The minimum Gasteiger partial charge on any atom is -0.462 e. The summed E-state index contributed by atoms with van der Waals surface area (Å²) in [4.78, 5) is 37.8. The van der Waals surface area contributed by atoms with Crippen LogP contribution in [0.25, 0.3) is 0 Å². The molecule has 0 saturated carbocycles. The van der Waals surface area contributed by atoms with Crippen molar-refractivity contribution in [2.45, 2.75) is 341 Å². The fourth-order valence-electron chi connectivity index (χ4n) is 8.98. The zero-order valence-corrected chi connectivity index (χ0v) is 43.6. The van der Waals surface area contributed by atoms with Gasteiger partial charge in [-0.25, -0.2) is 0 Å². The van der Waals surface area contributed by atoms with Gasteiger partial charge in [-0.3, -0.25) is 14.4 Å². The third-order valence-corrected chi connectivity index (χ3v) is 13.4. The van der Waals surface area contributed by atoms with Crippen molar-refractivity contribution >= 4 is 17.9 Å². The first-order valence-electron chi connectivity index (χ1n) is 29.0. The van der Waals surface area contributed by atoms with E-state index in [0.717, 1.165) is 57.8 Å². The second-order valence-electron chi connectivity index (χ2n) is 19.9. The van der Waals surface area contributed by atoms with Crippen LogP contribution in [0.1, 0.15) is 335 Å². The lowest BCUT2D eigenvalue weighted by Crippen LogP contribution is -2.30. The van der Waals surface area contributed by atoms with Crippen LogP contribution in [0.3, 0.4) is 0 Å². The van der Waals surface area contributed by atoms with Gasteiger partial charge in [0, 0.05) is 19.3 Å². The van der Waals surface area contributed by atoms with E-state index < -0.39 is 6.10 Å². The molecule has 1 unspecified atom stereocenters. The molecule has 0 aliphatic heterocycles. The van der Waals surface area contributed by atoms with Gasteiger partial charge in [0.05, 0.1) is 0 Å². The topological polar surface area (TPSA) is 78.9 Å². The van der Waals surface area contributed by atoms with Crippen LogP contribution in [-0.2, 0) is 28.6 Å². The maximum absolute atomic E-state index is 12.7. The second-order valence-corrected chi connectivity index (χ2v) is 19.9.